The molecule has 4 rings (SSSR count). The van der Waals surface area contributed by atoms with Crippen LogP contribution in [0.5, 0.6) is 0 Å². The highest BCUT2D eigenvalue weighted by atomic mass is 32.2. The van der Waals surface area contributed by atoms with E-state index in [1.165, 1.54) is 39.9 Å². The number of rotatable bonds is 6. The van der Waals surface area contributed by atoms with Crippen molar-refractivity contribution in [3.05, 3.63) is 71.2 Å². The Morgan fingerprint density at radius 3 is 2.21 bits per heavy atom. The van der Waals surface area contributed by atoms with Crippen molar-refractivity contribution in [3.8, 4) is 0 Å². The number of piperidine rings is 1. The van der Waals surface area contributed by atoms with Gasteiger partial charge >= 0.3 is 0 Å². The first-order valence-electron chi connectivity index (χ1n) is 10.6. The van der Waals surface area contributed by atoms with Gasteiger partial charge in [-0.25, -0.2) is 13.4 Å². The van der Waals surface area contributed by atoms with Gasteiger partial charge in [-0.2, -0.15) is 4.31 Å². The van der Waals surface area contributed by atoms with Gasteiger partial charge in [-0.05, 0) is 68.3 Å². The number of thiazole rings is 1. The monoisotopic (exact) mass is 484 g/mol. The van der Waals surface area contributed by atoms with Crippen LogP contribution in [0.1, 0.15) is 46.9 Å². The van der Waals surface area contributed by atoms with Gasteiger partial charge in [-0.1, -0.05) is 6.42 Å². The molecular weight excluding hydrogens is 460 g/mol. The smallest absolute Gasteiger partial charge is 0.257 e. The molecule has 2 amide bonds. The van der Waals surface area contributed by atoms with Crippen molar-refractivity contribution in [2.75, 3.05) is 17.2 Å². The second kappa shape index (κ2) is 9.82. The molecule has 1 unspecified atom stereocenters. The van der Waals surface area contributed by atoms with Gasteiger partial charge in [0, 0.05) is 41.0 Å². The standard InChI is InChI=1S/C23H24N4O4S2/c1-16-4-2-3-14-27(16)33(30,31)20-11-7-18(8-12-20)21(28)25-19-9-5-17(6-10-19)22(29)26-23-24-13-15-32-23/h5-13,15-16H,2-4,14H2,1H3,(H,25,28)(H,24,26,29). The van der Waals surface area contributed by atoms with Crippen LogP contribution in [-0.4, -0.2) is 42.1 Å². The molecule has 1 aliphatic heterocycles. The maximum absolute atomic E-state index is 12.9. The molecule has 2 N–H and O–H groups in total. The summed E-state index contributed by atoms with van der Waals surface area (Å²) in [5, 5.41) is 7.73. The van der Waals surface area contributed by atoms with Gasteiger partial charge in [-0.15, -0.1) is 11.3 Å². The van der Waals surface area contributed by atoms with E-state index < -0.39 is 10.0 Å². The minimum atomic E-state index is -3.58. The number of carbonyl (C=O) groups excluding carboxylic acids is 2. The second-order valence-electron chi connectivity index (χ2n) is 7.81. The van der Waals surface area contributed by atoms with Crippen LogP contribution in [0.4, 0.5) is 10.8 Å². The van der Waals surface area contributed by atoms with Crippen LogP contribution >= 0.6 is 11.3 Å². The number of benzene rings is 2. The zero-order valence-electron chi connectivity index (χ0n) is 18.0. The van der Waals surface area contributed by atoms with Crippen LogP contribution in [0, 0.1) is 0 Å². The van der Waals surface area contributed by atoms with Crippen LogP contribution in [0.15, 0.2) is 65.0 Å². The zero-order chi connectivity index (χ0) is 23.4. The van der Waals surface area contributed by atoms with Crippen molar-refractivity contribution in [2.45, 2.75) is 37.1 Å². The van der Waals surface area contributed by atoms with Gasteiger partial charge in [0.1, 0.15) is 0 Å². The minimum Gasteiger partial charge on any atom is -0.322 e. The predicted octanol–water partition coefficient (Wildman–Crippen LogP) is 4.21. The molecule has 1 fully saturated rings. The van der Waals surface area contributed by atoms with Gasteiger partial charge in [0.15, 0.2) is 5.13 Å². The largest absolute Gasteiger partial charge is 0.322 e. The molecule has 0 bridgehead atoms. The first-order chi connectivity index (χ1) is 15.8. The van der Waals surface area contributed by atoms with Crippen molar-refractivity contribution in [3.63, 3.8) is 0 Å². The molecule has 8 nitrogen and oxygen atoms in total. The Kier molecular flexibility index (Phi) is 6.87. The number of hydrogen-bond acceptors (Lipinski definition) is 6. The lowest BCUT2D eigenvalue weighted by molar-refractivity contribution is 0.102. The highest BCUT2D eigenvalue weighted by Crippen LogP contribution is 2.25. The third-order valence-corrected chi connectivity index (χ3v) is 8.24. The fourth-order valence-electron chi connectivity index (χ4n) is 3.71. The summed E-state index contributed by atoms with van der Waals surface area (Å²) in [4.78, 5) is 29.0. The summed E-state index contributed by atoms with van der Waals surface area (Å²) in [6.45, 7) is 2.44. The van der Waals surface area contributed by atoms with Crippen LogP contribution < -0.4 is 10.6 Å². The van der Waals surface area contributed by atoms with E-state index in [1.54, 1.807) is 35.8 Å². The third-order valence-electron chi connectivity index (χ3n) is 5.52. The number of sulfonamides is 1. The molecule has 0 radical (unpaired) electrons. The van der Waals surface area contributed by atoms with E-state index in [4.69, 9.17) is 0 Å². The molecule has 172 valence electrons. The third kappa shape index (κ3) is 5.29. The van der Waals surface area contributed by atoms with Gasteiger partial charge in [0.2, 0.25) is 10.0 Å². The SMILES string of the molecule is CC1CCCCN1S(=O)(=O)c1ccc(C(=O)Nc2ccc(C(=O)Nc3nccs3)cc2)cc1. The molecule has 3 aromatic rings. The van der Waals surface area contributed by atoms with Crippen LogP contribution in [0.25, 0.3) is 0 Å². The average Bonchev–Trinajstić information content (AvgIpc) is 3.33. The number of amides is 2. The van der Waals surface area contributed by atoms with Crippen molar-refractivity contribution in [2.24, 2.45) is 0 Å². The number of aromatic nitrogens is 1. The summed E-state index contributed by atoms with van der Waals surface area (Å²) < 4.78 is 27.4. The molecule has 0 aliphatic carbocycles. The Balaban J connectivity index is 1.40. The molecule has 10 heteroatoms. The van der Waals surface area contributed by atoms with Gasteiger partial charge in [-0.3, -0.25) is 14.9 Å². The van der Waals surface area contributed by atoms with Gasteiger partial charge in [0.25, 0.3) is 11.8 Å². The average molecular weight is 485 g/mol. The number of nitrogens with zero attached hydrogens (tertiary/aromatic N) is 2. The Morgan fingerprint density at radius 1 is 0.970 bits per heavy atom. The van der Waals surface area contributed by atoms with Crippen molar-refractivity contribution in [1.29, 1.82) is 0 Å². The number of anilines is 2. The number of nitrogens with one attached hydrogen (secondary N) is 2. The molecule has 1 saturated heterocycles. The molecule has 2 heterocycles. The first kappa shape index (κ1) is 23.1. The van der Waals surface area contributed by atoms with Crippen molar-refractivity contribution in [1.82, 2.24) is 9.29 Å². The highest BCUT2D eigenvalue weighted by molar-refractivity contribution is 7.89. The zero-order valence-corrected chi connectivity index (χ0v) is 19.7. The fourth-order valence-corrected chi connectivity index (χ4v) is 5.93. The quantitative estimate of drug-likeness (QED) is 0.545. The second-order valence-corrected chi connectivity index (χ2v) is 10.6. The Morgan fingerprint density at radius 2 is 1.61 bits per heavy atom. The van der Waals surface area contributed by atoms with Crippen LogP contribution in [0.2, 0.25) is 0 Å². The Labute approximate surface area is 196 Å². The van der Waals surface area contributed by atoms with E-state index in [0.29, 0.717) is 28.5 Å². The minimum absolute atomic E-state index is 0.0293. The summed E-state index contributed by atoms with van der Waals surface area (Å²) in [5.74, 6) is -0.659. The lowest BCUT2D eigenvalue weighted by atomic mass is 10.1. The summed E-state index contributed by atoms with van der Waals surface area (Å²) in [7, 11) is -3.58. The summed E-state index contributed by atoms with van der Waals surface area (Å²) in [6.07, 6.45) is 4.35. The molecule has 1 aliphatic rings. The molecule has 0 spiro atoms. The van der Waals surface area contributed by atoms with E-state index in [-0.39, 0.29) is 22.8 Å². The van der Waals surface area contributed by atoms with Crippen molar-refractivity contribution < 1.29 is 18.0 Å². The summed E-state index contributed by atoms with van der Waals surface area (Å²) in [5.41, 5.74) is 1.29. The van der Waals surface area contributed by atoms with Crippen LogP contribution in [-0.2, 0) is 10.0 Å². The number of hydrogen-bond donors (Lipinski definition) is 2. The molecule has 1 aromatic heterocycles. The van der Waals surface area contributed by atoms with E-state index in [9.17, 15) is 18.0 Å². The summed E-state index contributed by atoms with van der Waals surface area (Å²) >= 11 is 1.33. The molecule has 1 atom stereocenters. The highest BCUT2D eigenvalue weighted by Gasteiger charge is 2.30. The maximum atomic E-state index is 12.9. The molecular formula is C23H24N4O4S2. The van der Waals surface area contributed by atoms with Gasteiger partial charge < -0.3 is 5.32 Å². The van der Waals surface area contributed by atoms with E-state index in [1.807, 2.05) is 6.92 Å². The lowest BCUT2D eigenvalue weighted by Crippen LogP contribution is -2.41. The predicted molar refractivity (Wildman–Crippen MR) is 128 cm³/mol. The maximum Gasteiger partial charge on any atom is 0.257 e. The van der Waals surface area contributed by atoms with Gasteiger partial charge in [0.05, 0.1) is 4.90 Å². The Bertz CT molecular complexity index is 1220. The fraction of sp³-hybridized carbons (Fsp3) is 0.261. The van der Waals surface area contributed by atoms with E-state index in [2.05, 4.69) is 15.6 Å². The number of carbonyl (C=O) groups is 2. The van der Waals surface area contributed by atoms with Crippen molar-refractivity contribution >= 4 is 44.0 Å². The lowest BCUT2D eigenvalue weighted by Gasteiger charge is -2.32. The molecule has 2 aromatic carbocycles. The Hall–Kier alpha value is -3.08. The topological polar surface area (TPSA) is 108 Å². The van der Waals surface area contributed by atoms with Crippen LogP contribution in [0.3, 0.4) is 0 Å². The molecule has 33 heavy (non-hydrogen) atoms. The first-order valence-corrected chi connectivity index (χ1v) is 12.9. The van der Waals surface area contributed by atoms with E-state index in [0.717, 1.165) is 19.3 Å². The normalized spacial score (nSPS) is 16.8. The molecule has 0 saturated carbocycles. The summed E-state index contributed by atoms with van der Waals surface area (Å²) in [6, 6.07) is 12.4. The van der Waals surface area contributed by atoms with E-state index >= 15 is 0 Å².